The summed E-state index contributed by atoms with van der Waals surface area (Å²) in [6.07, 6.45) is 1.87. The highest BCUT2D eigenvalue weighted by molar-refractivity contribution is 6.35. The van der Waals surface area contributed by atoms with E-state index in [1.54, 1.807) is 0 Å². The molecular formula is C24H27Cl2N5O. The van der Waals surface area contributed by atoms with Crippen LogP contribution < -0.4 is 10.1 Å². The molecule has 2 aromatic carbocycles. The minimum absolute atomic E-state index is 0.122. The van der Waals surface area contributed by atoms with Crippen LogP contribution in [0.25, 0.3) is 5.69 Å². The van der Waals surface area contributed by atoms with Crippen molar-refractivity contribution in [2.75, 3.05) is 26.2 Å². The lowest BCUT2D eigenvalue weighted by atomic mass is 10.1. The number of ether oxygens (including phenoxy) is 1. The minimum atomic E-state index is -0.122. The van der Waals surface area contributed by atoms with Gasteiger partial charge in [-0.25, -0.2) is 0 Å². The summed E-state index contributed by atoms with van der Waals surface area (Å²) in [5, 5.41) is 13.2. The molecule has 1 fully saturated rings. The Hall–Kier alpha value is -2.12. The van der Waals surface area contributed by atoms with Gasteiger partial charge >= 0.3 is 0 Å². The zero-order valence-corrected chi connectivity index (χ0v) is 19.8. The Kier molecular flexibility index (Phi) is 6.12. The number of hydrogen-bond acceptors (Lipinski definition) is 5. The van der Waals surface area contributed by atoms with E-state index in [1.165, 1.54) is 0 Å². The third kappa shape index (κ3) is 4.13. The van der Waals surface area contributed by atoms with Gasteiger partial charge in [-0.05, 0) is 81.7 Å². The molecule has 0 radical (unpaired) electrons. The summed E-state index contributed by atoms with van der Waals surface area (Å²) in [4.78, 5) is 2.53. The summed E-state index contributed by atoms with van der Waals surface area (Å²) in [5.74, 6) is 2.55. The second-order valence-corrected chi connectivity index (χ2v) is 9.37. The third-order valence-corrected chi connectivity index (χ3v) is 7.01. The number of nitrogens with one attached hydrogen (secondary N) is 1. The number of benzene rings is 2. The van der Waals surface area contributed by atoms with E-state index in [9.17, 15) is 0 Å². The molecule has 1 aliphatic heterocycles. The lowest BCUT2D eigenvalue weighted by Crippen LogP contribution is -2.42. The number of nitrogens with zero attached hydrogens (tertiary/aromatic N) is 4. The lowest BCUT2D eigenvalue weighted by Gasteiger charge is -2.32. The number of hydrogen-bond donors (Lipinski definition) is 1. The molecule has 1 aliphatic carbocycles. The van der Waals surface area contributed by atoms with Crippen molar-refractivity contribution in [2.24, 2.45) is 0 Å². The Balaban J connectivity index is 1.45. The SMILES string of the molecule is Cc1nnc(C)n1-c1ccc(O[C@@H]2c3cc(Cl)cc(Cl)c3C[C@@H]2N2CCCNCC2)cc1. The van der Waals surface area contributed by atoms with Crippen molar-refractivity contribution in [3.05, 3.63) is 69.2 Å². The van der Waals surface area contributed by atoms with Gasteiger partial charge in [0.15, 0.2) is 0 Å². The zero-order valence-electron chi connectivity index (χ0n) is 18.3. The summed E-state index contributed by atoms with van der Waals surface area (Å²) in [6, 6.07) is 12.2. The molecule has 0 amide bonds. The Morgan fingerprint density at radius 2 is 1.75 bits per heavy atom. The van der Waals surface area contributed by atoms with E-state index in [-0.39, 0.29) is 12.1 Å². The number of aromatic nitrogens is 3. The maximum atomic E-state index is 6.63. The van der Waals surface area contributed by atoms with Crippen LogP contribution in [0.5, 0.6) is 5.75 Å². The van der Waals surface area contributed by atoms with Crippen LogP contribution in [0.1, 0.15) is 35.3 Å². The fourth-order valence-corrected chi connectivity index (χ4v) is 5.53. The highest BCUT2D eigenvalue weighted by Crippen LogP contribution is 2.42. The normalized spacial score (nSPS) is 21.4. The van der Waals surface area contributed by atoms with E-state index >= 15 is 0 Å². The summed E-state index contributed by atoms with van der Waals surface area (Å²) in [6.45, 7) is 7.98. The molecule has 0 saturated carbocycles. The average molecular weight is 472 g/mol. The number of rotatable bonds is 4. The van der Waals surface area contributed by atoms with Crippen molar-refractivity contribution in [3.63, 3.8) is 0 Å². The standard InChI is InChI=1S/C24H27Cl2N5O/c1-15-28-29-16(2)31(15)18-4-6-19(7-5-18)32-24-21-12-17(25)13-22(26)20(21)14-23(24)30-10-3-8-27-9-11-30/h4-7,12-13,23-24,27H,3,8-11,14H2,1-2H3/t23-,24+/m0/s1. The summed E-state index contributed by atoms with van der Waals surface area (Å²) in [7, 11) is 0. The number of aryl methyl sites for hydroxylation is 2. The van der Waals surface area contributed by atoms with E-state index in [4.69, 9.17) is 27.9 Å². The summed E-state index contributed by atoms with van der Waals surface area (Å²) < 4.78 is 8.66. The maximum Gasteiger partial charge on any atom is 0.140 e. The molecule has 6 nitrogen and oxygen atoms in total. The molecular weight excluding hydrogens is 445 g/mol. The average Bonchev–Trinajstić information content (AvgIpc) is 3.15. The van der Waals surface area contributed by atoms with Gasteiger partial charge in [-0.15, -0.1) is 10.2 Å². The van der Waals surface area contributed by atoms with Gasteiger partial charge in [0.1, 0.15) is 23.5 Å². The van der Waals surface area contributed by atoms with Gasteiger partial charge in [-0.3, -0.25) is 9.47 Å². The van der Waals surface area contributed by atoms with Crippen LogP contribution in [0.15, 0.2) is 36.4 Å². The van der Waals surface area contributed by atoms with Crippen LogP contribution >= 0.6 is 23.2 Å². The van der Waals surface area contributed by atoms with Crippen LogP contribution in [0, 0.1) is 13.8 Å². The molecule has 0 spiro atoms. The Bertz CT molecular complexity index is 1090. The van der Waals surface area contributed by atoms with Gasteiger partial charge in [-0.2, -0.15) is 0 Å². The molecule has 3 aromatic rings. The predicted octanol–water partition coefficient (Wildman–Crippen LogP) is 4.53. The first-order valence-electron chi connectivity index (χ1n) is 11.1. The first-order chi connectivity index (χ1) is 15.5. The molecule has 8 heteroatoms. The quantitative estimate of drug-likeness (QED) is 0.605. The molecule has 2 atom stereocenters. The van der Waals surface area contributed by atoms with Crippen molar-refractivity contribution >= 4 is 23.2 Å². The maximum absolute atomic E-state index is 6.63. The van der Waals surface area contributed by atoms with Crippen molar-refractivity contribution in [1.82, 2.24) is 25.0 Å². The first kappa shape index (κ1) is 21.7. The predicted molar refractivity (Wildman–Crippen MR) is 127 cm³/mol. The topological polar surface area (TPSA) is 55.2 Å². The smallest absolute Gasteiger partial charge is 0.140 e. The molecule has 32 heavy (non-hydrogen) atoms. The molecule has 1 saturated heterocycles. The molecule has 2 aliphatic rings. The van der Waals surface area contributed by atoms with E-state index in [1.807, 2.05) is 54.8 Å². The molecule has 5 rings (SSSR count). The number of fused-ring (bicyclic) bond motifs is 1. The van der Waals surface area contributed by atoms with Crippen LogP contribution in [0.3, 0.4) is 0 Å². The van der Waals surface area contributed by atoms with Crippen molar-refractivity contribution in [3.8, 4) is 11.4 Å². The van der Waals surface area contributed by atoms with Crippen LogP contribution in [0.4, 0.5) is 0 Å². The van der Waals surface area contributed by atoms with Gasteiger partial charge in [0.2, 0.25) is 0 Å². The zero-order chi connectivity index (χ0) is 22.2. The van der Waals surface area contributed by atoms with Crippen LogP contribution in [-0.4, -0.2) is 51.9 Å². The summed E-state index contributed by atoms with van der Waals surface area (Å²) in [5.41, 5.74) is 3.26. The fraction of sp³-hybridized carbons (Fsp3) is 0.417. The molecule has 1 N–H and O–H groups in total. The lowest BCUT2D eigenvalue weighted by molar-refractivity contribution is 0.0821. The van der Waals surface area contributed by atoms with Crippen LogP contribution in [-0.2, 0) is 6.42 Å². The van der Waals surface area contributed by atoms with Gasteiger partial charge < -0.3 is 10.1 Å². The van der Waals surface area contributed by atoms with Crippen LogP contribution in [0.2, 0.25) is 10.0 Å². The monoisotopic (exact) mass is 471 g/mol. The Labute approximate surface area is 198 Å². The van der Waals surface area contributed by atoms with Gasteiger partial charge in [-0.1, -0.05) is 23.2 Å². The molecule has 0 bridgehead atoms. The highest BCUT2D eigenvalue weighted by atomic mass is 35.5. The molecule has 0 unspecified atom stereocenters. The largest absolute Gasteiger partial charge is 0.484 e. The molecule has 1 aromatic heterocycles. The third-order valence-electron chi connectivity index (χ3n) is 6.45. The Morgan fingerprint density at radius 3 is 2.50 bits per heavy atom. The van der Waals surface area contributed by atoms with E-state index in [2.05, 4.69) is 20.4 Å². The number of halogens is 2. The first-order valence-corrected chi connectivity index (χ1v) is 11.8. The van der Waals surface area contributed by atoms with E-state index in [0.717, 1.165) is 78.3 Å². The van der Waals surface area contributed by atoms with E-state index in [0.29, 0.717) is 5.02 Å². The second-order valence-electron chi connectivity index (χ2n) is 8.53. The second kappa shape index (κ2) is 9.02. The van der Waals surface area contributed by atoms with Crippen molar-refractivity contribution < 1.29 is 4.74 Å². The fourth-order valence-electron chi connectivity index (χ4n) is 4.94. The highest BCUT2D eigenvalue weighted by Gasteiger charge is 2.39. The van der Waals surface area contributed by atoms with E-state index < -0.39 is 0 Å². The molecule has 2 heterocycles. The summed E-state index contributed by atoms with van der Waals surface area (Å²) >= 11 is 13.0. The van der Waals surface area contributed by atoms with Gasteiger partial charge in [0, 0.05) is 34.4 Å². The van der Waals surface area contributed by atoms with Gasteiger partial charge in [0.25, 0.3) is 0 Å². The van der Waals surface area contributed by atoms with Crippen molar-refractivity contribution in [1.29, 1.82) is 0 Å². The Morgan fingerprint density at radius 1 is 1.00 bits per heavy atom. The molecule has 168 valence electrons. The van der Waals surface area contributed by atoms with Gasteiger partial charge in [0.05, 0.1) is 6.04 Å². The minimum Gasteiger partial charge on any atom is -0.484 e. The van der Waals surface area contributed by atoms with Crippen molar-refractivity contribution in [2.45, 2.75) is 38.8 Å².